The number of urea groups is 1. The second-order valence-corrected chi connectivity index (χ2v) is 5.46. The van der Waals surface area contributed by atoms with Gasteiger partial charge in [0.25, 0.3) is 0 Å². The number of carboxylic acids is 1. The van der Waals surface area contributed by atoms with Crippen molar-refractivity contribution >= 4 is 33.6 Å². The lowest BCUT2D eigenvalue weighted by Crippen LogP contribution is -2.36. The van der Waals surface area contributed by atoms with Crippen molar-refractivity contribution in [1.29, 1.82) is 0 Å². The highest BCUT2D eigenvalue weighted by atomic mass is 79.9. The molecular weight excluding hydrogens is 324 g/mol. The van der Waals surface area contributed by atoms with Crippen LogP contribution in [-0.4, -0.2) is 34.6 Å². The van der Waals surface area contributed by atoms with Gasteiger partial charge in [0.15, 0.2) is 0 Å². The SMILES string of the molecule is C=CCN(C(=O)Nc1cc(C(=O)O)ccc1Br)C1CC1. The smallest absolute Gasteiger partial charge is 0.335 e. The molecule has 6 heteroatoms. The Morgan fingerprint density at radius 2 is 2.20 bits per heavy atom. The third-order valence-corrected chi connectivity index (χ3v) is 3.72. The third-order valence-electron chi connectivity index (χ3n) is 3.03. The van der Waals surface area contributed by atoms with Crippen LogP contribution in [-0.2, 0) is 0 Å². The lowest BCUT2D eigenvalue weighted by atomic mass is 10.2. The number of hydrogen-bond donors (Lipinski definition) is 2. The van der Waals surface area contributed by atoms with Gasteiger partial charge < -0.3 is 15.3 Å². The lowest BCUT2D eigenvalue weighted by Gasteiger charge is -2.21. The number of nitrogens with zero attached hydrogens (tertiary/aromatic N) is 1. The summed E-state index contributed by atoms with van der Waals surface area (Å²) in [4.78, 5) is 24.9. The maximum absolute atomic E-state index is 12.2. The first-order chi connectivity index (χ1) is 9.52. The van der Waals surface area contributed by atoms with E-state index >= 15 is 0 Å². The minimum Gasteiger partial charge on any atom is -0.478 e. The van der Waals surface area contributed by atoms with Crippen LogP contribution < -0.4 is 5.32 Å². The molecule has 0 aliphatic heterocycles. The first-order valence-corrected chi connectivity index (χ1v) is 7.03. The van der Waals surface area contributed by atoms with E-state index < -0.39 is 5.97 Å². The highest BCUT2D eigenvalue weighted by Gasteiger charge is 2.31. The molecule has 0 unspecified atom stereocenters. The van der Waals surface area contributed by atoms with E-state index in [4.69, 9.17) is 5.11 Å². The Morgan fingerprint density at radius 3 is 2.75 bits per heavy atom. The molecule has 106 valence electrons. The molecule has 2 amide bonds. The summed E-state index contributed by atoms with van der Waals surface area (Å²) in [6.07, 6.45) is 3.68. The minimum atomic E-state index is -1.03. The summed E-state index contributed by atoms with van der Waals surface area (Å²) in [6.45, 7) is 4.13. The maximum atomic E-state index is 12.2. The highest BCUT2D eigenvalue weighted by molar-refractivity contribution is 9.10. The number of carboxylic acid groups (broad SMARTS) is 1. The molecule has 1 fully saturated rings. The molecule has 0 saturated heterocycles. The molecule has 1 aromatic rings. The number of halogens is 1. The van der Waals surface area contributed by atoms with Crippen LogP contribution in [0.15, 0.2) is 35.3 Å². The van der Waals surface area contributed by atoms with E-state index in [1.807, 2.05) is 0 Å². The van der Waals surface area contributed by atoms with E-state index in [2.05, 4.69) is 27.8 Å². The first-order valence-electron chi connectivity index (χ1n) is 6.24. The van der Waals surface area contributed by atoms with Gasteiger partial charge in [-0.1, -0.05) is 6.08 Å². The van der Waals surface area contributed by atoms with Gasteiger partial charge in [-0.25, -0.2) is 9.59 Å². The zero-order chi connectivity index (χ0) is 14.7. The van der Waals surface area contributed by atoms with Crippen LogP contribution in [0.25, 0.3) is 0 Å². The number of aromatic carboxylic acids is 1. The summed E-state index contributed by atoms with van der Waals surface area (Å²) >= 11 is 3.30. The molecule has 1 aliphatic carbocycles. The van der Waals surface area contributed by atoms with Crippen LogP contribution >= 0.6 is 15.9 Å². The van der Waals surface area contributed by atoms with Gasteiger partial charge in [0.2, 0.25) is 0 Å². The number of benzene rings is 1. The van der Waals surface area contributed by atoms with Crippen molar-refractivity contribution in [2.24, 2.45) is 0 Å². The Bertz CT molecular complexity index is 555. The summed E-state index contributed by atoms with van der Waals surface area (Å²) in [5.41, 5.74) is 0.579. The predicted octanol–water partition coefficient (Wildman–Crippen LogP) is 3.33. The summed E-state index contributed by atoms with van der Waals surface area (Å²) in [5, 5.41) is 11.7. The van der Waals surface area contributed by atoms with Crippen LogP contribution in [0.5, 0.6) is 0 Å². The van der Waals surface area contributed by atoms with E-state index in [0.29, 0.717) is 16.7 Å². The first kappa shape index (κ1) is 14.6. The molecule has 0 radical (unpaired) electrons. The monoisotopic (exact) mass is 338 g/mol. The van der Waals surface area contributed by atoms with Crippen LogP contribution in [0.3, 0.4) is 0 Å². The van der Waals surface area contributed by atoms with Crippen molar-refractivity contribution in [2.45, 2.75) is 18.9 Å². The molecule has 5 nitrogen and oxygen atoms in total. The largest absolute Gasteiger partial charge is 0.478 e. The number of rotatable bonds is 5. The second-order valence-electron chi connectivity index (χ2n) is 4.60. The van der Waals surface area contributed by atoms with Gasteiger partial charge in [0.05, 0.1) is 11.3 Å². The van der Waals surface area contributed by atoms with E-state index in [1.165, 1.54) is 12.1 Å². The topological polar surface area (TPSA) is 69.6 Å². The van der Waals surface area contributed by atoms with E-state index in [-0.39, 0.29) is 17.6 Å². The van der Waals surface area contributed by atoms with Crippen LogP contribution in [0.4, 0.5) is 10.5 Å². The zero-order valence-electron chi connectivity index (χ0n) is 10.8. The number of carbonyl (C=O) groups excluding carboxylic acids is 1. The molecule has 2 N–H and O–H groups in total. The quantitative estimate of drug-likeness (QED) is 0.809. The van der Waals surface area contributed by atoms with Crippen molar-refractivity contribution in [3.05, 3.63) is 40.9 Å². The molecule has 0 heterocycles. The molecule has 20 heavy (non-hydrogen) atoms. The van der Waals surface area contributed by atoms with Gasteiger partial charge in [-0.3, -0.25) is 0 Å². The van der Waals surface area contributed by atoms with Gasteiger partial charge in [0.1, 0.15) is 0 Å². The normalized spacial score (nSPS) is 13.7. The Morgan fingerprint density at radius 1 is 1.50 bits per heavy atom. The molecule has 0 spiro atoms. The Hall–Kier alpha value is -1.82. The van der Waals surface area contributed by atoms with Crippen LogP contribution in [0.2, 0.25) is 0 Å². The van der Waals surface area contributed by atoms with Crippen LogP contribution in [0, 0.1) is 0 Å². The molecular formula is C14H15BrN2O3. The van der Waals surface area contributed by atoms with E-state index in [1.54, 1.807) is 17.0 Å². The molecule has 0 atom stereocenters. The number of amides is 2. The van der Waals surface area contributed by atoms with Gasteiger partial charge >= 0.3 is 12.0 Å². The van der Waals surface area contributed by atoms with E-state index in [0.717, 1.165) is 12.8 Å². The Balaban J connectivity index is 2.15. The van der Waals surface area contributed by atoms with E-state index in [9.17, 15) is 9.59 Å². The summed E-state index contributed by atoms with van der Waals surface area (Å²) in [6, 6.07) is 4.53. The standard InChI is InChI=1S/C14H15BrN2O3/c1-2-7-17(10-4-5-10)14(20)16-12-8-9(13(18)19)3-6-11(12)15/h2-3,6,8,10H,1,4-5,7H2,(H,16,20)(H,18,19). The lowest BCUT2D eigenvalue weighted by molar-refractivity contribution is 0.0697. The van der Waals surface area contributed by atoms with Crippen LogP contribution in [0.1, 0.15) is 23.2 Å². The number of carbonyl (C=O) groups is 2. The molecule has 2 rings (SSSR count). The van der Waals surface area contributed by atoms with Crippen molar-refractivity contribution in [3.63, 3.8) is 0 Å². The highest BCUT2D eigenvalue weighted by Crippen LogP contribution is 2.29. The third kappa shape index (κ3) is 3.39. The van der Waals surface area contributed by atoms with Crippen molar-refractivity contribution < 1.29 is 14.7 Å². The van der Waals surface area contributed by atoms with Gasteiger partial charge in [-0.05, 0) is 47.0 Å². The molecule has 0 bridgehead atoms. The Kier molecular flexibility index (Phi) is 4.44. The minimum absolute atomic E-state index is 0.130. The van der Waals surface area contributed by atoms with Crippen molar-refractivity contribution in [1.82, 2.24) is 4.90 Å². The summed E-state index contributed by atoms with van der Waals surface area (Å²) in [7, 11) is 0. The average Bonchev–Trinajstić information content (AvgIpc) is 3.22. The van der Waals surface area contributed by atoms with Crippen molar-refractivity contribution in [2.75, 3.05) is 11.9 Å². The molecule has 1 aliphatic rings. The fourth-order valence-corrected chi connectivity index (χ4v) is 2.21. The van der Waals surface area contributed by atoms with Crippen molar-refractivity contribution in [3.8, 4) is 0 Å². The second kappa shape index (κ2) is 6.09. The van der Waals surface area contributed by atoms with Gasteiger partial charge in [-0.15, -0.1) is 6.58 Å². The molecule has 1 saturated carbocycles. The number of hydrogen-bond acceptors (Lipinski definition) is 2. The Labute approximate surface area is 125 Å². The van der Waals surface area contributed by atoms with Gasteiger partial charge in [0, 0.05) is 17.1 Å². The summed E-state index contributed by atoms with van der Waals surface area (Å²) < 4.78 is 0.644. The number of nitrogens with one attached hydrogen (secondary N) is 1. The predicted molar refractivity (Wildman–Crippen MR) is 80.0 cm³/mol. The molecule has 0 aromatic heterocycles. The average molecular weight is 339 g/mol. The fourth-order valence-electron chi connectivity index (χ4n) is 1.86. The van der Waals surface area contributed by atoms with Gasteiger partial charge in [-0.2, -0.15) is 0 Å². The maximum Gasteiger partial charge on any atom is 0.335 e. The zero-order valence-corrected chi connectivity index (χ0v) is 12.4. The number of anilines is 1. The fraction of sp³-hybridized carbons (Fsp3) is 0.286. The summed E-state index contributed by atoms with van der Waals surface area (Å²) in [5.74, 6) is -1.03. The molecule has 1 aromatic carbocycles.